The number of aryl methyl sites for hydroxylation is 1. The zero-order valence-electron chi connectivity index (χ0n) is 20.0. The highest BCUT2D eigenvalue weighted by atomic mass is 16.7. The van der Waals surface area contributed by atoms with Gasteiger partial charge in [-0.25, -0.2) is 0 Å². The van der Waals surface area contributed by atoms with Crippen LogP contribution in [0.3, 0.4) is 0 Å². The van der Waals surface area contributed by atoms with Crippen molar-refractivity contribution in [2.45, 2.75) is 95.1 Å². The zero-order valence-corrected chi connectivity index (χ0v) is 20.0. The summed E-state index contributed by atoms with van der Waals surface area (Å²) in [5.41, 5.74) is 1.31. The van der Waals surface area contributed by atoms with Crippen LogP contribution in [-0.4, -0.2) is 50.1 Å². The third-order valence-electron chi connectivity index (χ3n) is 7.59. The number of hydrogen-bond acceptors (Lipinski definition) is 6. The molecule has 4 aliphatic rings. The minimum atomic E-state index is -0.148. The van der Waals surface area contributed by atoms with Gasteiger partial charge in [-0.05, 0) is 56.9 Å². The fraction of sp³-hybridized carbons (Fsp3) is 0.679. The first-order valence-corrected chi connectivity index (χ1v) is 13.2. The van der Waals surface area contributed by atoms with Crippen molar-refractivity contribution in [3.8, 4) is 0 Å². The fourth-order valence-electron chi connectivity index (χ4n) is 5.75. The van der Waals surface area contributed by atoms with E-state index in [4.69, 9.17) is 23.7 Å². The van der Waals surface area contributed by atoms with E-state index >= 15 is 0 Å². The van der Waals surface area contributed by atoms with Gasteiger partial charge >= 0.3 is 5.97 Å². The molecule has 1 saturated carbocycles. The molecule has 3 heterocycles. The molecule has 3 aliphatic heterocycles. The molecule has 1 aromatic carbocycles. The topological polar surface area (TPSA) is 63.2 Å². The van der Waals surface area contributed by atoms with Gasteiger partial charge in [0, 0.05) is 31.5 Å². The van der Waals surface area contributed by atoms with E-state index in [1.807, 2.05) is 6.07 Å². The van der Waals surface area contributed by atoms with Crippen LogP contribution in [0.2, 0.25) is 0 Å². The molecule has 0 amide bonds. The summed E-state index contributed by atoms with van der Waals surface area (Å²) in [7, 11) is 0. The largest absolute Gasteiger partial charge is 0.462 e. The first kappa shape index (κ1) is 24.0. The molecular formula is C28H38O6. The first-order valence-electron chi connectivity index (χ1n) is 13.2. The number of ether oxygens (including phenoxy) is 5. The Hall–Kier alpha value is -1.73. The van der Waals surface area contributed by atoms with E-state index in [1.165, 1.54) is 5.56 Å². The minimum Gasteiger partial charge on any atom is -0.462 e. The highest BCUT2D eigenvalue weighted by Gasteiger charge is 2.50. The van der Waals surface area contributed by atoms with Crippen LogP contribution in [0.25, 0.3) is 0 Å². The first-order chi connectivity index (χ1) is 16.7. The Morgan fingerprint density at radius 1 is 1.00 bits per heavy atom. The van der Waals surface area contributed by atoms with Crippen LogP contribution in [0.15, 0.2) is 42.5 Å². The van der Waals surface area contributed by atoms with Gasteiger partial charge in [-0.3, -0.25) is 4.79 Å². The molecule has 6 heteroatoms. The van der Waals surface area contributed by atoms with Gasteiger partial charge in [-0.15, -0.1) is 0 Å². The quantitative estimate of drug-likeness (QED) is 0.376. The Balaban J connectivity index is 1.27. The van der Waals surface area contributed by atoms with Crippen molar-refractivity contribution >= 4 is 5.97 Å². The van der Waals surface area contributed by atoms with E-state index in [9.17, 15) is 4.79 Å². The molecule has 0 spiro atoms. The number of hydrogen-bond donors (Lipinski definition) is 0. The number of carbonyl (C=O) groups excluding carboxylic acids is 1. The van der Waals surface area contributed by atoms with E-state index in [-0.39, 0.29) is 48.7 Å². The van der Waals surface area contributed by atoms with Crippen molar-refractivity contribution < 1.29 is 28.5 Å². The van der Waals surface area contributed by atoms with E-state index in [2.05, 4.69) is 36.4 Å². The molecule has 7 atom stereocenters. The third kappa shape index (κ3) is 6.28. The predicted molar refractivity (Wildman–Crippen MR) is 127 cm³/mol. The highest BCUT2D eigenvalue weighted by Crippen LogP contribution is 2.44. The van der Waals surface area contributed by atoms with Crippen molar-refractivity contribution in [3.63, 3.8) is 0 Å². The van der Waals surface area contributed by atoms with Gasteiger partial charge in [-0.2, -0.15) is 0 Å². The lowest BCUT2D eigenvalue weighted by atomic mass is 9.91. The smallest absolute Gasteiger partial charge is 0.306 e. The van der Waals surface area contributed by atoms with E-state index in [1.54, 1.807) is 0 Å². The van der Waals surface area contributed by atoms with Gasteiger partial charge in [0.1, 0.15) is 6.10 Å². The number of benzene rings is 1. The maximum atomic E-state index is 12.0. The maximum absolute atomic E-state index is 12.0. The van der Waals surface area contributed by atoms with Gasteiger partial charge in [-0.1, -0.05) is 42.5 Å². The monoisotopic (exact) mass is 470 g/mol. The lowest BCUT2D eigenvalue weighted by molar-refractivity contribution is -0.194. The SMILES string of the molecule is O=C1C[C@@H]2[C@@H](/C=C/[C@H](CCc3ccccc3)OC3CCCCO3)[C@@H](OC3CCCCO3)C[C@@H]2O1. The van der Waals surface area contributed by atoms with Crippen molar-refractivity contribution in [3.05, 3.63) is 48.0 Å². The van der Waals surface area contributed by atoms with E-state index in [0.29, 0.717) is 6.42 Å². The summed E-state index contributed by atoms with van der Waals surface area (Å²) in [5.74, 6) is 0.198. The van der Waals surface area contributed by atoms with Crippen LogP contribution >= 0.6 is 0 Å². The lowest BCUT2D eigenvalue weighted by Crippen LogP contribution is -2.31. The Morgan fingerprint density at radius 2 is 1.76 bits per heavy atom. The van der Waals surface area contributed by atoms with Crippen molar-refractivity contribution in [2.75, 3.05) is 13.2 Å². The molecule has 6 nitrogen and oxygen atoms in total. The molecule has 2 unspecified atom stereocenters. The molecule has 0 aromatic heterocycles. The van der Waals surface area contributed by atoms with Gasteiger partial charge in [0.05, 0.1) is 18.6 Å². The Bertz CT molecular complexity index is 798. The molecule has 4 fully saturated rings. The van der Waals surface area contributed by atoms with Crippen LogP contribution in [0.5, 0.6) is 0 Å². The molecule has 1 aliphatic carbocycles. The van der Waals surface area contributed by atoms with Gasteiger partial charge in [0.15, 0.2) is 12.6 Å². The molecule has 186 valence electrons. The summed E-state index contributed by atoms with van der Waals surface area (Å²) in [6.07, 6.45) is 13.4. The van der Waals surface area contributed by atoms with Crippen LogP contribution in [-0.2, 0) is 34.9 Å². The van der Waals surface area contributed by atoms with Gasteiger partial charge in [0.25, 0.3) is 0 Å². The molecule has 1 aromatic rings. The Morgan fingerprint density at radius 3 is 2.50 bits per heavy atom. The molecule has 3 saturated heterocycles. The number of carbonyl (C=O) groups is 1. The van der Waals surface area contributed by atoms with Crippen LogP contribution in [0, 0.1) is 11.8 Å². The average molecular weight is 471 g/mol. The summed E-state index contributed by atoms with van der Waals surface area (Å²) in [6.45, 7) is 1.53. The summed E-state index contributed by atoms with van der Waals surface area (Å²) in [6, 6.07) is 10.5. The van der Waals surface area contributed by atoms with Crippen LogP contribution in [0.4, 0.5) is 0 Å². The summed E-state index contributed by atoms with van der Waals surface area (Å²) < 4.78 is 30.2. The van der Waals surface area contributed by atoms with E-state index in [0.717, 1.165) is 71.0 Å². The second kappa shape index (κ2) is 11.8. The minimum absolute atomic E-state index is 0.00292. The number of rotatable bonds is 9. The summed E-state index contributed by atoms with van der Waals surface area (Å²) in [4.78, 5) is 12.0. The Kier molecular flexibility index (Phi) is 8.33. The number of fused-ring (bicyclic) bond motifs is 1. The van der Waals surface area contributed by atoms with Crippen LogP contribution in [0.1, 0.15) is 63.4 Å². The zero-order chi connectivity index (χ0) is 23.2. The fourth-order valence-corrected chi connectivity index (χ4v) is 5.75. The Labute approximate surface area is 202 Å². The number of esters is 1. The molecule has 0 radical (unpaired) electrons. The summed E-state index contributed by atoms with van der Waals surface area (Å²) >= 11 is 0. The normalized spacial score (nSPS) is 34.8. The standard InChI is InChI=1S/C28H38O6/c29-26-18-23-22(24(19-25(23)33-26)34-28-11-5-7-17-31-28)15-14-21(32-27-10-4-6-16-30-27)13-12-20-8-2-1-3-9-20/h1-3,8-9,14-15,21-25,27-28H,4-7,10-13,16-19H2/b15-14+/t21-,22+,23+,24-,25-,27?,28?/m0/s1. The third-order valence-corrected chi connectivity index (χ3v) is 7.59. The van der Waals surface area contributed by atoms with Crippen molar-refractivity contribution in [1.82, 2.24) is 0 Å². The molecular weight excluding hydrogens is 432 g/mol. The van der Waals surface area contributed by atoms with Crippen molar-refractivity contribution in [1.29, 1.82) is 0 Å². The molecule has 5 rings (SSSR count). The van der Waals surface area contributed by atoms with E-state index < -0.39 is 0 Å². The van der Waals surface area contributed by atoms with Crippen molar-refractivity contribution in [2.24, 2.45) is 11.8 Å². The molecule has 0 N–H and O–H groups in total. The lowest BCUT2D eigenvalue weighted by Gasteiger charge is -2.29. The highest BCUT2D eigenvalue weighted by molar-refractivity contribution is 5.72. The molecule has 0 bridgehead atoms. The molecule has 34 heavy (non-hydrogen) atoms. The van der Waals surface area contributed by atoms with Gasteiger partial charge in [0.2, 0.25) is 0 Å². The second-order valence-electron chi connectivity index (χ2n) is 10.1. The maximum Gasteiger partial charge on any atom is 0.306 e. The second-order valence-corrected chi connectivity index (χ2v) is 10.1. The van der Waals surface area contributed by atoms with Gasteiger partial charge < -0.3 is 23.7 Å². The predicted octanol–water partition coefficient (Wildman–Crippen LogP) is 4.95. The average Bonchev–Trinajstić information content (AvgIpc) is 3.38. The van der Waals surface area contributed by atoms with Crippen LogP contribution < -0.4 is 0 Å². The summed E-state index contributed by atoms with van der Waals surface area (Å²) in [5, 5.41) is 0.